The van der Waals surface area contributed by atoms with Gasteiger partial charge in [0.2, 0.25) is 0 Å². The van der Waals surface area contributed by atoms with Crippen LogP contribution in [-0.4, -0.2) is 19.6 Å². The van der Waals surface area contributed by atoms with E-state index in [0.29, 0.717) is 0 Å². The van der Waals surface area contributed by atoms with Crippen molar-refractivity contribution in [3.05, 3.63) is 54.1 Å². The molecule has 0 radical (unpaired) electrons. The summed E-state index contributed by atoms with van der Waals surface area (Å²) in [6, 6.07) is 3.91. The van der Waals surface area contributed by atoms with Crippen LogP contribution in [0.5, 0.6) is 0 Å². The molecule has 0 aromatic carbocycles. The molecule has 0 amide bonds. The summed E-state index contributed by atoms with van der Waals surface area (Å²) in [6.07, 6.45) is 12.8. The monoisotopic (exact) mass is 308 g/mol. The van der Waals surface area contributed by atoms with Crippen LogP contribution in [0.3, 0.4) is 0 Å². The molecular formula is C18H20N4O. The molecule has 3 aromatic rings. The first-order valence-corrected chi connectivity index (χ1v) is 8.20. The molecule has 0 bridgehead atoms. The van der Waals surface area contributed by atoms with Crippen molar-refractivity contribution in [1.29, 1.82) is 0 Å². The molecule has 1 aliphatic carbocycles. The van der Waals surface area contributed by atoms with Gasteiger partial charge in [0.25, 0.3) is 0 Å². The molecule has 3 heterocycles. The highest BCUT2D eigenvalue weighted by atomic mass is 16.3. The highest BCUT2D eigenvalue weighted by molar-refractivity contribution is 5.75. The summed E-state index contributed by atoms with van der Waals surface area (Å²) in [5, 5.41) is 8.43. The van der Waals surface area contributed by atoms with Crippen molar-refractivity contribution < 1.29 is 4.42 Å². The van der Waals surface area contributed by atoms with Gasteiger partial charge in [-0.25, -0.2) is 4.98 Å². The number of aryl methyl sites for hydroxylation is 2. The van der Waals surface area contributed by atoms with Crippen LogP contribution in [0.2, 0.25) is 0 Å². The Morgan fingerprint density at radius 2 is 2.30 bits per heavy atom. The van der Waals surface area contributed by atoms with Crippen LogP contribution >= 0.6 is 0 Å². The van der Waals surface area contributed by atoms with E-state index in [1.165, 1.54) is 12.0 Å². The summed E-state index contributed by atoms with van der Waals surface area (Å²) in [7, 11) is 0. The van der Waals surface area contributed by atoms with E-state index in [1.54, 1.807) is 12.6 Å². The predicted octanol–water partition coefficient (Wildman–Crippen LogP) is 3.71. The van der Waals surface area contributed by atoms with Crippen LogP contribution in [0.15, 0.2) is 41.4 Å². The molecule has 1 unspecified atom stereocenters. The molecule has 0 aliphatic heterocycles. The first-order valence-electron chi connectivity index (χ1n) is 8.20. The predicted molar refractivity (Wildman–Crippen MR) is 87.9 cm³/mol. The number of nitrogens with zero attached hydrogens (tertiary/aromatic N) is 4. The van der Waals surface area contributed by atoms with E-state index in [0.717, 1.165) is 54.4 Å². The Hall–Kier alpha value is -2.43. The number of hydrogen-bond donors (Lipinski definition) is 0. The van der Waals surface area contributed by atoms with Gasteiger partial charge in [0.1, 0.15) is 17.9 Å². The Labute approximate surface area is 135 Å². The van der Waals surface area contributed by atoms with Crippen molar-refractivity contribution >= 4 is 11.2 Å². The van der Waals surface area contributed by atoms with Gasteiger partial charge < -0.3 is 4.42 Å². The maximum absolute atomic E-state index is 5.40. The van der Waals surface area contributed by atoms with Crippen LogP contribution in [-0.2, 0) is 12.8 Å². The van der Waals surface area contributed by atoms with Crippen molar-refractivity contribution in [1.82, 2.24) is 19.6 Å². The SMILES string of the molecule is CC1CC=C(c2cnc(CCc3ccco3)n3cnnc23)CC1. The summed E-state index contributed by atoms with van der Waals surface area (Å²) in [4.78, 5) is 4.67. The fraction of sp³-hybridized carbons (Fsp3) is 0.389. The van der Waals surface area contributed by atoms with Crippen molar-refractivity contribution in [3.63, 3.8) is 0 Å². The van der Waals surface area contributed by atoms with Gasteiger partial charge in [0, 0.05) is 24.6 Å². The third-order valence-electron chi connectivity index (χ3n) is 4.60. The lowest BCUT2D eigenvalue weighted by Crippen LogP contribution is -2.07. The second-order valence-electron chi connectivity index (χ2n) is 6.30. The fourth-order valence-corrected chi connectivity index (χ4v) is 3.18. The quantitative estimate of drug-likeness (QED) is 0.737. The average Bonchev–Trinajstić information content (AvgIpc) is 3.25. The van der Waals surface area contributed by atoms with E-state index in [2.05, 4.69) is 28.2 Å². The molecule has 0 N–H and O–H groups in total. The fourth-order valence-electron chi connectivity index (χ4n) is 3.18. The summed E-state index contributed by atoms with van der Waals surface area (Å²) < 4.78 is 7.41. The van der Waals surface area contributed by atoms with Crippen LogP contribution in [0, 0.1) is 5.92 Å². The number of hydrogen-bond acceptors (Lipinski definition) is 4. The van der Waals surface area contributed by atoms with Crippen LogP contribution in [0.4, 0.5) is 0 Å². The molecular weight excluding hydrogens is 288 g/mol. The Bertz CT molecular complexity index is 832. The summed E-state index contributed by atoms with van der Waals surface area (Å²) in [6.45, 7) is 2.30. The normalized spacial score (nSPS) is 18.3. The Morgan fingerprint density at radius 1 is 1.35 bits per heavy atom. The van der Waals surface area contributed by atoms with Gasteiger partial charge in [-0.05, 0) is 42.9 Å². The minimum atomic E-state index is 0.771. The van der Waals surface area contributed by atoms with Crippen molar-refractivity contribution in [2.24, 2.45) is 5.92 Å². The number of aromatic nitrogens is 4. The lowest BCUT2D eigenvalue weighted by atomic mass is 9.88. The number of allylic oxidation sites excluding steroid dienone is 2. The molecule has 5 heteroatoms. The zero-order valence-corrected chi connectivity index (χ0v) is 13.3. The summed E-state index contributed by atoms with van der Waals surface area (Å²) in [5.74, 6) is 2.71. The third-order valence-corrected chi connectivity index (χ3v) is 4.60. The van der Waals surface area contributed by atoms with Gasteiger partial charge in [0.05, 0.1) is 6.26 Å². The van der Waals surface area contributed by atoms with Gasteiger partial charge in [-0.1, -0.05) is 13.0 Å². The van der Waals surface area contributed by atoms with Gasteiger partial charge in [-0.3, -0.25) is 4.40 Å². The second-order valence-corrected chi connectivity index (χ2v) is 6.30. The van der Waals surface area contributed by atoms with Crippen LogP contribution < -0.4 is 0 Å². The van der Waals surface area contributed by atoms with Crippen molar-refractivity contribution in [2.75, 3.05) is 0 Å². The van der Waals surface area contributed by atoms with Gasteiger partial charge in [0.15, 0.2) is 5.65 Å². The van der Waals surface area contributed by atoms with Crippen LogP contribution in [0.1, 0.15) is 43.3 Å². The minimum absolute atomic E-state index is 0.771. The first-order chi connectivity index (χ1) is 11.3. The first kappa shape index (κ1) is 14.2. The Morgan fingerprint density at radius 3 is 3.09 bits per heavy atom. The third kappa shape index (κ3) is 2.79. The highest BCUT2D eigenvalue weighted by Gasteiger charge is 2.17. The Balaban J connectivity index is 1.65. The summed E-state index contributed by atoms with van der Waals surface area (Å²) in [5.41, 5.74) is 3.39. The largest absolute Gasteiger partial charge is 0.469 e. The molecule has 1 aliphatic rings. The molecule has 1 atom stereocenters. The van der Waals surface area contributed by atoms with Crippen molar-refractivity contribution in [3.8, 4) is 0 Å². The van der Waals surface area contributed by atoms with E-state index in [1.807, 2.05) is 22.7 Å². The zero-order valence-electron chi connectivity index (χ0n) is 13.3. The molecule has 118 valence electrons. The lowest BCUT2D eigenvalue weighted by Gasteiger charge is -2.18. The molecule has 0 fully saturated rings. The van der Waals surface area contributed by atoms with E-state index in [4.69, 9.17) is 4.42 Å². The average molecular weight is 308 g/mol. The van der Waals surface area contributed by atoms with Gasteiger partial charge >= 0.3 is 0 Å². The topological polar surface area (TPSA) is 56.2 Å². The smallest absolute Gasteiger partial charge is 0.171 e. The zero-order chi connectivity index (χ0) is 15.6. The molecule has 0 saturated carbocycles. The summed E-state index contributed by atoms with van der Waals surface area (Å²) >= 11 is 0. The molecule has 23 heavy (non-hydrogen) atoms. The van der Waals surface area contributed by atoms with E-state index in [9.17, 15) is 0 Å². The molecule has 4 rings (SSSR count). The second kappa shape index (κ2) is 5.99. The van der Waals surface area contributed by atoms with E-state index >= 15 is 0 Å². The molecule has 0 spiro atoms. The maximum Gasteiger partial charge on any atom is 0.171 e. The lowest BCUT2D eigenvalue weighted by molar-refractivity contribution is 0.505. The van der Waals surface area contributed by atoms with Gasteiger partial charge in [-0.15, -0.1) is 10.2 Å². The van der Waals surface area contributed by atoms with E-state index in [-0.39, 0.29) is 0 Å². The minimum Gasteiger partial charge on any atom is -0.469 e. The number of rotatable bonds is 4. The van der Waals surface area contributed by atoms with Gasteiger partial charge in [-0.2, -0.15) is 0 Å². The standard InChI is InChI=1S/C18H20N4O/c1-13-4-6-14(7-5-13)16-11-19-17(22-12-20-21-18(16)22)9-8-15-3-2-10-23-15/h2-3,6,10-13H,4-5,7-9H2,1H3. The maximum atomic E-state index is 5.40. The van der Waals surface area contributed by atoms with Crippen molar-refractivity contribution in [2.45, 2.75) is 39.0 Å². The van der Waals surface area contributed by atoms with Crippen LogP contribution in [0.25, 0.3) is 11.2 Å². The number of fused-ring (bicyclic) bond motifs is 1. The highest BCUT2D eigenvalue weighted by Crippen LogP contribution is 2.31. The number of furan rings is 1. The molecule has 3 aromatic heterocycles. The molecule has 0 saturated heterocycles. The molecule has 5 nitrogen and oxygen atoms in total. The Kier molecular flexibility index (Phi) is 3.69. The van der Waals surface area contributed by atoms with E-state index < -0.39 is 0 Å².